The first kappa shape index (κ1) is 16.2. The molecule has 2 aliphatic rings. The largest absolute Gasteiger partial charge is 0.495 e. The Labute approximate surface area is 149 Å². The molecule has 0 bridgehead atoms. The van der Waals surface area contributed by atoms with Gasteiger partial charge < -0.3 is 15.4 Å². The van der Waals surface area contributed by atoms with E-state index in [2.05, 4.69) is 10.2 Å². The maximum absolute atomic E-state index is 12.5. The molecule has 1 saturated heterocycles. The monoisotopic (exact) mass is 354 g/mol. The van der Waals surface area contributed by atoms with E-state index in [4.69, 9.17) is 10.5 Å². The molecule has 4 rings (SSSR count). The van der Waals surface area contributed by atoms with Crippen LogP contribution in [0.1, 0.15) is 33.6 Å². The van der Waals surface area contributed by atoms with Crippen molar-refractivity contribution in [2.75, 3.05) is 30.8 Å². The highest BCUT2D eigenvalue weighted by Crippen LogP contribution is 2.33. The first-order valence-corrected chi connectivity index (χ1v) is 8.36. The van der Waals surface area contributed by atoms with Crippen LogP contribution in [0.5, 0.6) is 5.75 Å². The molecular formula is C18H18N4O4. The van der Waals surface area contributed by atoms with Crippen molar-refractivity contribution in [3.05, 3.63) is 45.7 Å². The number of amides is 2. The maximum atomic E-state index is 12.5. The summed E-state index contributed by atoms with van der Waals surface area (Å²) in [4.78, 5) is 38.5. The minimum absolute atomic E-state index is 0.00871. The summed E-state index contributed by atoms with van der Waals surface area (Å²) >= 11 is 0. The Morgan fingerprint density at radius 2 is 1.81 bits per heavy atom. The van der Waals surface area contributed by atoms with E-state index in [1.807, 2.05) is 6.07 Å². The average molecular weight is 354 g/mol. The Bertz CT molecular complexity index is 989. The lowest BCUT2D eigenvalue weighted by Crippen LogP contribution is -2.24. The number of methoxy groups -OCH3 is 1. The summed E-state index contributed by atoms with van der Waals surface area (Å²) in [6.45, 7) is 1.91. The lowest BCUT2D eigenvalue weighted by molar-refractivity contribution is 0.0880. The van der Waals surface area contributed by atoms with Gasteiger partial charge in [-0.05, 0) is 25.0 Å². The van der Waals surface area contributed by atoms with Gasteiger partial charge in [-0.25, -0.2) is 0 Å². The Balaban J connectivity index is 1.86. The molecule has 2 aliphatic heterocycles. The average Bonchev–Trinajstić information content (AvgIpc) is 3.23. The van der Waals surface area contributed by atoms with Crippen molar-refractivity contribution in [1.82, 2.24) is 9.88 Å². The zero-order chi connectivity index (χ0) is 18.4. The van der Waals surface area contributed by atoms with Gasteiger partial charge in [0.25, 0.3) is 17.4 Å². The Morgan fingerprint density at radius 3 is 2.50 bits per heavy atom. The number of hydrogen-bond donors (Lipinski definition) is 2. The summed E-state index contributed by atoms with van der Waals surface area (Å²) in [5, 5.41) is 2.16. The number of imide groups is 1. The number of hydrogen-bond acceptors (Lipinski definition) is 6. The van der Waals surface area contributed by atoms with Crippen LogP contribution < -0.4 is 26.2 Å². The minimum Gasteiger partial charge on any atom is -0.495 e. The molecule has 0 unspecified atom stereocenters. The number of anilines is 2. The van der Waals surface area contributed by atoms with Crippen LogP contribution >= 0.6 is 0 Å². The van der Waals surface area contributed by atoms with Crippen LogP contribution in [-0.2, 0) is 0 Å². The maximum Gasteiger partial charge on any atom is 0.262 e. The quantitative estimate of drug-likeness (QED) is 0.794. The van der Waals surface area contributed by atoms with E-state index in [0.717, 1.165) is 37.7 Å². The number of pyridine rings is 1. The van der Waals surface area contributed by atoms with E-state index in [1.54, 1.807) is 19.2 Å². The summed E-state index contributed by atoms with van der Waals surface area (Å²) in [7, 11) is 1.57. The van der Waals surface area contributed by atoms with Gasteiger partial charge in [0.05, 0.1) is 29.6 Å². The summed E-state index contributed by atoms with van der Waals surface area (Å²) in [5.41, 5.74) is 7.05. The number of nitrogens with one attached hydrogen (secondary N) is 1. The van der Waals surface area contributed by atoms with Crippen LogP contribution in [0.3, 0.4) is 0 Å². The topological polar surface area (TPSA) is 107 Å². The molecule has 0 atom stereocenters. The normalized spacial score (nSPS) is 16.0. The Morgan fingerprint density at radius 1 is 1.08 bits per heavy atom. The highest BCUT2D eigenvalue weighted by atomic mass is 16.5. The van der Waals surface area contributed by atoms with E-state index in [0.29, 0.717) is 11.4 Å². The second-order valence-corrected chi connectivity index (χ2v) is 6.33. The van der Waals surface area contributed by atoms with Crippen molar-refractivity contribution in [2.45, 2.75) is 12.8 Å². The van der Waals surface area contributed by atoms with Gasteiger partial charge in [-0.2, -0.15) is 0 Å². The second kappa shape index (κ2) is 5.91. The Hall–Kier alpha value is -3.29. The molecule has 1 aromatic heterocycles. The summed E-state index contributed by atoms with van der Waals surface area (Å²) in [6, 6.07) is 6.48. The predicted octanol–water partition coefficient (Wildman–Crippen LogP) is 0.912. The number of nitrogen functional groups attached to an aromatic ring is 1. The lowest BCUT2D eigenvalue weighted by Gasteiger charge is -2.22. The minimum atomic E-state index is -0.608. The molecular weight excluding hydrogens is 336 g/mol. The number of rotatable bonds is 3. The van der Waals surface area contributed by atoms with Crippen LogP contribution in [0.15, 0.2) is 29.1 Å². The molecule has 0 aliphatic carbocycles. The molecule has 26 heavy (non-hydrogen) atoms. The van der Waals surface area contributed by atoms with Crippen molar-refractivity contribution >= 4 is 23.3 Å². The van der Waals surface area contributed by atoms with Crippen LogP contribution in [0.25, 0.3) is 5.69 Å². The third kappa shape index (κ3) is 2.33. The molecule has 3 N–H and O–H groups in total. The zero-order valence-corrected chi connectivity index (χ0v) is 14.2. The Kier molecular flexibility index (Phi) is 3.68. The molecule has 1 aromatic carbocycles. The number of nitrogens with zero attached hydrogens (tertiary/aromatic N) is 2. The van der Waals surface area contributed by atoms with Crippen molar-refractivity contribution < 1.29 is 14.3 Å². The number of fused-ring (bicyclic) bond motifs is 1. The van der Waals surface area contributed by atoms with E-state index in [-0.39, 0.29) is 16.9 Å². The smallest absolute Gasteiger partial charge is 0.262 e. The first-order valence-electron chi connectivity index (χ1n) is 8.36. The van der Waals surface area contributed by atoms with Crippen LogP contribution in [0.4, 0.5) is 11.5 Å². The van der Waals surface area contributed by atoms with Crippen LogP contribution in [-0.4, -0.2) is 36.6 Å². The van der Waals surface area contributed by atoms with Gasteiger partial charge >= 0.3 is 0 Å². The molecule has 0 saturated carbocycles. The zero-order valence-electron chi connectivity index (χ0n) is 14.2. The van der Waals surface area contributed by atoms with Gasteiger partial charge in [-0.3, -0.25) is 24.3 Å². The molecule has 1 fully saturated rings. The lowest BCUT2D eigenvalue weighted by atomic mass is 10.1. The number of carbonyl (C=O) groups is 2. The summed E-state index contributed by atoms with van der Waals surface area (Å²) in [6.07, 6.45) is 2.26. The number of ether oxygens (including phenoxy) is 1. The van der Waals surface area contributed by atoms with Gasteiger partial charge in [0.1, 0.15) is 11.6 Å². The molecule has 8 nitrogen and oxygen atoms in total. The van der Waals surface area contributed by atoms with Crippen molar-refractivity contribution in [3.8, 4) is 11.4 Å². The highest BCUT2D eigenvalue weighted by molar-refractivity contribution is 6.23. The van der Waals surface area contributed by atoms with Gasteiger partial charge in [-0.15, -0.1) is 0 Å². The first-order chi connectivity index (χ1) is 12.5. The summed E-state index contributed by atoms with van der Waals surface area (Å²) < 4.78 is 6.71. The number of nitrogens with two attached hydrogens (primary N) is 1. The second-order valence-electron chi connectivity index (χ2n) is 6.33. The third-order valence-electron chi connectivity index (χ3n) is 4.82. The van der Waals surface area contributed by atoms with Crippen LogP contribution in [0, 0.1) is 0 Å². The molecule has 2 amide bonds. The molecule has 2 aromatic rings. The number of carbonyl (C=O) groups excluding carboxylic acids is 2. The molecule has 0 radical (unpaired) electrons. The van der Waals surface area contributed by atoms with Gasteiger partial charge in [0.2, 0.25) is 0 Å². The van der Waals surface area contributed by atoms with Crippen molar-refractivity contribution in [3.63, 3.8) is 0 Å². The SMILES string of the molecule is COc1cc(-n2c(N)c3c(cc2=O)C(=O)NC3=O)ccc1N1CCCC1. The highest BCUT2D eigenvalue weighted by Gasteiger charge is 2.32. The van der Waals surface area contributed by atoms with Gasteiger partial charge in [0.15, 0.2) is 0 Å². The fourth-order valence-electron chi connectivity index (χ4n) is 3.57. The third-order valence-corrected chi connectivity index (χ3v) is 4.82. The molecule has 134 valence electrons. The van der Waals surface area contributed by atoms with E-state index < -0.39 is 17.4 Å². The van der Waals surface area contributed by atoms with Gasteiger partial charge in [-0.1, -0.05) is 0 Å². The predicted molar refractivity (Wildman–Crippen MR) is 96.2 cm³/mol. The van der Waals surface area contributed by atoms with E-state index in [9.17, 15) is 14.4 Å². The van der Waals surface area contributed by atoms with Crippen LogP contribution in [0.2, 0.25) is 0 Å². The number of aromatic nitrogens is 1. The fourth-order valence-corrected chi connectivity index (χ4v) is 3.57. The molecule has 8 heteroatoms. The molecule has 3 heterocycles. The van der Waals surface area contributed by atoms with E-state index in [1.165, 1.54) is 4.57 Å². The molecule has 0 spiro atoms. The fraction of sp³-hybridized carbons (Fsp3) is 0.278. The standard InChI is InChI=1S/C18H18N4O4/c1-26-13-8-10(4-5-12(13)21-6-2-3-7-21)22-14(23)9-11-15(16(22)19)18(25)20-17(11)24/h4-5,8-9H,2-3,6-7,19H2,1H3,(H,20,24,25). The summed E-state index contributed by atoms with van der Waals surface area (Å²) in [5.74, 6) is -0.650. The van der Waals surface area contributed by atoms with E-state index >= 15 is 0 Å². The van der Waals surface area contributed by atoms with Crippen molar-refractivity contribution in [1.29, 1.82) is 0 Å². The number of benzene rings is 1. The van der Waals surface area contributed by atoms with Crippen molar-refractivity contribution in [2.24, 2.45) is 0 Å². The van der Waals surface area contributed by atoms with Gasteiger partial charge in [0, 0.05) is 25.2 Å².